The van der Waals surface area contributed by atoms with Gasteiger partial charge < -0.3 is 10.3 Å². The molecule has 0 aliphatic carbocycles. The number of benzene rings is 2. The number of H-pyrrole nitrogens is 1. The van der Waals surface area contributed by atoms with Crippen molar-refractivity contribution in [2.24, 2.45) is 5.92 Å². The van der Waals surface area contributed by atoms with Crippen LogP contribution < -0.4 is 9.62 Å². The molecule has 1 heterocycles. The van der Waals surface area contributed by atoms with Crippen molar-refractivity contribution in [2.45, 2.75) is 26.8 Å². The average molecular weight is 415 g/mol. The summed E-state index contributed by atoms with van der Waals surface area (Å²) in [6, 6.07) is 14.4. The molecule has 29 heavy (non-hydrogen) atoms. The fraction of sp³-hybridized carbons (Fsp3) is 0.333. The lowest BCUT2D eigenvalue weighted by Crippen LogP contribution is -2.43. The molecular weight excluding hydrogens is 388 g/mol. The minimum absolute atomic E-state index is 0.0599. The number of nitrogens with zero attached hydrogens (tertiary/aromatic N) is 2. The molecule has 7 nitrogen and oxygen atoms in total. The maximum absolute atomic E-state index is 12.8. The smallest absolute Gasteiger partial charge is 0.241 e. The van der Waals surface area contributed by atoms with Crippen LogP contribution in [0, 0.1) is 12.8 Å². The second kappa shape index (κ2) is 8.24. The van der Waals surface area contributed by atoms with Gasteiger partial charge in [0.15, 0.2) is 0 Å². The molecule has 3 aromatic rings. The zero-order valence-corrected chi connectivity index (χ0v) is 17.8. The highest BCUT2D eigenvalue weighted by atomic mass is 32.2. The zero-order chi connectivity index (χ0) is 21.2. The Bertz CT molecular complexity index is 1090. The highest BCUT2D eigenvalue weighted by Crippen LogP contribution is 2.24. The number of amides is 1. The number of rotatable bonds is 7. The van der Waals surface area contributed by atoms with Crippen molar-refractivity contribution in [1.82, 2.24) is 15.3 Å². The summed E-state index contributed by atoms with van der Waals surface area (Å²) in [5, 5.41) is 2.95. The first kappa shape index (κ1) is 20.9. The third-order valence-corrected chi connectivity index (χ3v) is 5.88. The monoisotopic (exact) mass is 414 g/mol. The maximum Gasteiger partial charge on any atom is 0.241 e. The van der Waals surface area contributed by atoms with Crippen molar-refractivity contribution >= 4 is 32.7 Å². The molecule has 154 valence electrons. The number of aryl methyl sites for hydroxylation is 1. The van der Waals surface area contributed by atoms with Crippen molar-refractivity contribution in [3.05, 3.63) is 59.9 Å². The first-order valence-electron chi connectivity index (χ1n) is 9.44. The minimum atomic E-state index is -3.63. The summed E-state index contributed by atoms with van der Waals surface area (Å²) < 4.78 is 25.8. The van der Waals surface area contributed by atoms with Crippen LogP contribution in [-0.4, -0.2) is 37.1 Å². The van der Waals surface area contributed by atoms with Crippen LogP contribution >= 0.6 is 0 Å². The Morgan fingerprint density at radius 2 is 1.79 bits per heavy atom. The van der Waals surface area contributed by atoms with Gasteiger partial charge in [-0.2, -0.15) is 0 Å². The highest BCUT2D eigenvalue weighted by molar-refractivity contribution is 7.92. The van der Waals surface area contributed by atoms with E-state index in [0.717, 1.165) is 27.2 Å². The second-order valence-corrected chi connectivity index (χ2v) is 9.39. The van der Waals surface area contributed by atoms with Crippen LogP contribution in [0.25, 0.3) is 11.0 Å². The fourth-order valence-electron chi connectivity index (χ4n) is 3.24. The summed E-state index contributed by atoms with van der Waals surface area (Å²) >= 11 is 0. The molecule has 1 aromatic heterocycles. The van der Waals surface area contributed by atoms with E-state index in [1.807, 2.05) is 57.2 Å². The van der Waals surface area contributed by atoms with E-state index in [1.54, 1.807) is 12.1 Å². The number of fused-ring (bicyclic) bond motifs is 1. The van der Waals surface area contributed by atoms with Gasteiger partial charge in [0.2, 0.25) is 15.9 Å². The Labute approximate surface area is 171 Å². The molecule has 2 aromatic carbocycles. The Balaban J connectivity index is 1.84. The Morgan fingerprint density at radius 1 is 1.14 bits per heavy atom. The van der Waals surface area contributed by atoms with Crippen LogP contribution in [0.2, 0.25) is 0 Å². The van der Waals surface area contributed by atoms with E-state index in [9.17, 15) is 13.2 Å². The van der Waals surface area contributed by atoms with Gasteiger partial charge in [-0.1, -0.05) is 44.2 Å². The van der Waals surface area contributed by atoms with Gasteiger partial charge in [0.1, 0.15) is 12.4 Å². The van der Waals surface area contributed by atoms with E-state index in [-0.39, 0.29) is 18.5 Å². The van der Waals surface area contributed by atoms with Crippen LogP contribution in [0.4, 0.5) is 5.69 Å². The zero-order valence-electron chi connectivity index (χ0n) is 17.0. The maximum atomic E-state index is 12.8. The third kappa shape index (κ3) is 4.76. The SMILES string of the molecule is Cc1ccccc1N(CC(=O)N[C@H](c1nc2ccccc2[nH]1)C(C)C)S(C)(=O)=O. The standard InChI is InChI=1S/C21H26N4O3S/c1-14(2)20(21-22-16-10-6-7-11-17(16)23-21)24-19(26)13-25(29(4,27)28)18-12-8-5-9-15(18)3/h5-12,14,20H,13H2,1-4H3,(H,22,23)(H,24,26)/t20-/m0/s1. The van der Waals surface area contributed by atoms with Crippen LogP contribution in [-0.2, 0) is 14.8 Å². The molecule has 0 fully saturated rings. The summed E-state index contributed by atoms with van der Waals surface area (Å²) in [5.41, 5.74) is 2.98. The van der Waals surface area contributed by atoms with Gasteiger partial charge in [0.05, 0.1) is 29.0 Å². The van der Waals surface area contributed by atoms with Crippen molar-refractivity contribution in [3.63, 3.8) is 0 Å². The number of carbonyl (C=O) groups is 1. The van der Waals surface area contributed by atoms with E-state index >= 15 is 0 Å². The number of anilines is 1. The lowest BCUT2D eigenvalue weighted by Gasteiger charge is -2.26. The lowest BCUT2D eigenvalue weighted by molar-refractivity contribution is -0.120. The molecule has 0 aliphatic heterocycles. The topological polar surface area (TPSA) is 95.2 Å². The summed E-state index contributed by atoms with van der Waals surface area (Å²) in [7, 11) is -3.63. The first-order chi connectivity index (χ1) is 13.7. The van der Waals surface area contributed by atoms with Crippen LogP contribution in [0.1, 0.15) is 31.3 Å². The summed E-state index contributed by atoms with van der Waals surface area (Å²) in [5.74, 6) is 0.318. The number of nitrogens with one attached hydrogen (secondary N) is 2. The molecule has 0 aliphatic rings. The molecule has 0 radical (unpaired) electrons. The summed E-state index contributed by atoms with van der Waals surface area (Å²) in [6.45, 7) is 5.48. The molecule has 1 amide bonds. The van der Waals surface area contributed by atoms with E-state index in [0.29, 0.717) is 11.5 Å². The van der Waals surface area contributed by atoms with Gasteiger partial charge in [0.25, 0.3) is 0 Å². The Hall–Kier alpha value is -2.87. The van der Waals surface area contributed by atoms with Gasteiger partial charge in [-0.05, 0) is 36.6 Å². The predicted octanol–water partition coefficient (Wildman–Crippen LogP) is 3.15. The number of aromatic nitrogens is 2. The number of carbonyl (C=O) groups excluding carboxylic acids is 1. The van der Waals surface area contributed by atoms with Crippen molar-refractivity contribution in [3.8, 4) is 0 Å². The van der Waals surface area contributed by atoms with Crippen molar-refractivity contribution < 1.29 is 13.2 Å². The van der Waals surface area contributed by atoms with Gasteiger partial charge in [-0.15, -0.1) is 0 Å². The quantitative estimate of drug-likeness (QED) is 0.621. The van der Waals surface area contributed by atoms with Gasteiger partial charge >= 0.3 is 0 Å². The van der Waals surface area contributed by atoms with Crippen molar-refractivity contribution in [1.29, 1.82) is 0 Å². The van der Waals surface area contributed by atoms with E-state index in [4.69, 9.17) is 0 Å². The molecule has 0 saturated carbocycles. The predicted molar refractivity (Wildman–Crippen MR) is 115 cm³/mol. The average Bonchev–Trinajstić information content (AvgIpc) is 3.07. The van der Waals surface area contributed by atoms with E-state index < -0.39 is 15.9 Å². The van der Waals surface area contributed by atoms with Gasteiger partial charge in [0, 0.05) is 0 Å². The van der Waals surface area contributed by atoms with E-state index in [2.05, 4.69) is 15.3 Å². The Kier molecular flexibility index (Phi) is 5.93. The van der Waals surface area contributed by atoms with Gasteiger partial charge in [-0.3, -0.25) is 9.10 Å². The molecular formula is C21H26N4O3S. The molecule has 3 rings (SSSR count). The molecule has 0 spiro atoms. The first-order valence-corrected chi connectivity index (χ1v) is 11.3. The molecule has 8 heteroatoms. The Morgan fingerprint density at radius 3 is 2.41 bits per heavy atom. The fourth-order valence-corrected chi connectivity index (χ4v) is 4.16. The number of para-hydroxylation sites is 3. The molecule has 2 N–H and O–H groups in total. The van der Waals surface area contributed by atoms with Crippen LogP contribution in [0.15, 0.2) is 48.5 Å². The van der Waals surface area contributed by atoms with Crippen LogP contribution in [0.3, 0.4) is 0 Å². The molecule has 1 atom stereocenters. The highest BCUT2D eigenvalue weighted by Gasteiger charge is 2.26. The number of sulfonamides is 1. The summed E-state index contributed by atoms with van der Waals surface area (Å²) in [4.78, 5) is 20.7. The normalized spacial score (nSPS) is 12.9. The minimum Gasteiger partial charge on any atom is -0.344 e. The largest absolute Gasteiger partial charge is 0.344 e. The van der Waals surface area contributed by atoms with E-state index in [1.165, 1.54) is 0 Å². The summed E-state index contributed by atoms with van der Waals surface area (Å²) in [6.07, 6.45) is 1.10. The molecule has 0 unspecified atom stereocenters. The lowest BCUT2D eigenvalue weighted by atomic mass is 10.0. The number of imidazole rings is 1. The third-order valence-electron chi connectivity index (χ3n) is 4.76. The second-order valence-electron chi connectivity index (χ2n) is 7.48. The number of hydrogen-bond donors (Lipinski definition) is 2. The molecule has 0 saturated heterocycles. The van der Waals surface area contributed by atoms with Gasteiger partial charge in [-0.25, -0.2) is 13.4 Å². The van der Waals surface area contributed by atoms with Crippen LogP contribution in [0.5, 0.6) is 0 Å². The van der Waals surface area contributed by atoms with Crippen molar-refractivity contribution in [2.75, 3.05) is 17.1 Å². The number of hydrogen-bond acceptors (Lipinski definition) is 4. The molecule has 0 bridgehead atoms. The number of aromatic amines is 1.